The number of aliphatic hydroxyl groups excluding tert-OH is 1. The Bertz CT molecular complexity index is 661. The number of hydrogen-bond acceptors (Lipinski definition) is 4. The summed E-state index contributed by atoms with van der Waals surface area (Å²) in [6, 6.07) is 10.0. The molecule has 1 atom stereocenters. The number of methoxy groups -OCH3 is 2. The Morgan fingerprint density at radius 2 is 1.78 bits per heavy atom. The molecule has 124 valence electrons. The fourth-order valence-corrected chi connectivity index (χ4v) is 2.41. The second-order valence-electron chi connectivity index (χ2n) is 5.30. The SMILES string of the molecule is COc1cc(C)c(CNCC(O)c2ccccc2F)cc1OC. The molecule has 0 aromatic heterocycles. The van der Waals surface area contributed by atoms with Crippen molar-refractivity contribution in [2.75, 3.05) is 20.8 Å². The second-order valence-corrected chi connectivity index (χ2v) is 5.30. The zero-order valence-electron chi connectivity index (χ0n) is 13.6. The van der Waals surface area contributed by atoms with Crippen LogP contribution in [0, 0.1) is 12.7 Å². The zero-order chi connectivity index (χ0) is 16.8. The Balaban J connectivity index is 2.00. The van der Waals surface area contributed by atoms with Crippen LogP contribution in [0.1, 0.15) is 22.8 Å². The molecule has 0 saturated carbocycles. The summed E-state index contributed by atoms with van der Waals surface area (Å²) in [5, 5.41) is 13.2. The highest BCUT2D eigenvalue weighted by Gasteiger charge is 2.13. The summed E-state index contributed by atoms with van der Waals surface area (Å²) >= 11 is 0. The van der Waals surface area contributed by atoms with Crippen LogP contribution in [0.3, 0.4) is 0 Å². The molecule has 4 nitrogen and oxygen atoms in total. The maximum atomic E-state index is 13.6. The predicted octanol–water partition coefficient (Wildman–Crippen LogP) is 2.97. The van der Waals surface area contributed by atoms with E-state index in [0.717, 1.165) is 11.1 Å². The molecule has 0 amide bonds. The quantitative estimate of drug-likeness (QED) is 0.824. The number of halogens is 1. The standard InChI is InChI=1S/C18H22FNO3/c1-12-8-17(22-2)18(23-3)9-13(12)10-20-11-16(21)14-6-4-5-7-15(14)19/h4-9,16,20-21H,10-11H2,1-3H3. The van der Waals surface area contributed by atoms with Crippen LogP contribution in [-0.4, -0.2) is 25.9 Å². The number of benzene rings is 2. The van der Waals surface area contributed by atoms with Gasteiger partial charge in [-0.1, -0.05) is 18.2 Å². The average molecular weight is 319 g/mol. The Morgan fingerprint density at radius 1 is 1.13 bits per heavy atom. The van der Waals surface area contributed by atoms with Crippen LogP contribution in [0.4, 0.5) is 4.39 Å². The number of hydrogen-bond donors (Lipinski definition) is 2. The lowest BCUT2D eigenvalue weighted by molar-refractivity contribution is 0.169. The highest BCUT2D eigenvalue weighted by Crippen LogP contribution is 2.30. The number of nitrogens with one attached hydrogen (secondary N) is 1. The second kappa shape index (κ2) is 7.94. The van der Waals surface area contributed by atoms with Gasteiger partial charge in [-0.2, -0.15) is 0 Å². The first-order chi connectivity index (χ1) is 11.1. The minimum atomic E-state index is -0.892. The van der Waals surface area contributed by atoms with Gasteiger partial charge in [0.1, 0.15) is 5.82 Å². The Kier molecular flexibility index (Phi) is 5.96. The Morgan fingerprint density at radius 3 is 2.43 bits per heavy atom. The van der Waals surface area contributed by atoms with Gasteiger partial charge in [-0.15, -0.1) is 0 Å². The third-order valence-electron chi connectivity index (χ3n) is 3.76. The summed E-state index contributed by atoms with van der Waals surface area (Å²) in [7, 11) is 3.19. The van der Waals surface area contributed by atoms with E-state index in [-0.39, 0.29) is 6.54 Å². The number of aliphatic hydroxyl groups is 1. The fourth-order valence-electron chi connectivity index (χ4n) is 2.41. The molecule has 2 N–H and O–H groups in total. The van der Waals surface area contributed by atoms with Gasteiger partial charge in [0, 0.05) is 18.7 Å². The Labute approximate surface area is 135 Å². The minimum absolute atomic E-state index is 0.259. The molecule has 0 spiro atoms. The largest absolute Gasteiger partial charge is 0.493 e. The van der Waals surface area contributed by atoms with Crippen LogP contribution in [0.5, 0.6) is 11.5 Å². The molecular formula is C18H22FNO3. The van der Waals surface area contributed by atoms with Gasteiger partial charge in [-0.05, 0) is 36.2 Å². The summed E-state index contributed by atoms with van der Waals surface area (Å²) in [5.74, 6) is 0.939. The van der Waals surface area contributed by atoms with Crippen molar-refractivity contribution in [1.29, 1.82) is 0 Å². The number of rotatable bonds is 7. The van der Waals surface area contributed by atoms with Crippen LogP contribution >= 0.6 is 0 Å². The first-order valence-corrected chi connectivity index (χ1v) is 7.41. The van der Waals surface area contributed by atoms with Crippen LogP contribution < -0.4 is 14.8 Å². The van der Waals surface area contributed by atoms with Crippen molar-refractivity contribution in [3.63, 3.8) is 0 Å². The van der Waals surface area contributed by atoms with Crippen molar-refractivity contribution in [3.05, 3.63) is 58.9 Å². The molecule has 0 fully saturated rings. The molecule has 1 unspecified atom stereocenters. The summed E-state index contributed by atoms with van der Waals surface area (Å²) in [6.45, 7) is 2.78. The van der Waals surface area contributed by atoms with E-state index in [0.29, 0.717) is 23.6 Å². The fraction of sp³-hybridized carbons (Fsp3) is 0.333. The molecule has 0 aliphatic heterocycles. The van der Waals surface area contributed by atoms with Gasteiger partial charge in [0.05, 0.1) is 20.3 Å². The molecule has 0 aliphatic rings. The van der Waals surface area contributed by atoms with Crippen LogP contribution in [0.15, 0.2) is 36.4 Å². The summed E-state index contributed by atoms with van der Waals surface area (Å²) < 4.78 is 24.2. The minimum Gasteiger partial charge on any atom is -0.493 e. The smallest absolute Gasteiger partial charge is 0.161 e. The molecule has 0 radical (unpaired) electrons. The first kappa shape index (κ1) is 17.2. The summed E-state index contributed by atoms with van der Waals surface area (Å²) in [4.78, 5) is 0. The molecule has 2 aromatic carbocycles. The van der Waals surface area contributed by atoms with Gasteiger partial charge in [0.25, 0.3) is 0 Å². The monoisotopic (exact) mass is 319 g/mol. The highest BCUT2D eigenvalue weighted by atomic mass is 19.1. The molecule has 0 heterocycles. The lowest BCUT2D eigenvalue weighted by atomic mass is 10.1. The molecule has 2 aromatic rings. The predicted molar refractivity (Wildman–Crippen MR) is 87.3 cm³/mol. The lowest BCUT2D eigenvalue weighted by Crippen LogP contribution is -2.22. The molecule has 0 aliphatic carbocycles. The summed E-state index contributed by atoms with van der Waals surface area (Å²) in [5.41, 5.74) is 2.38. The van der Waals surface area contributed by atoms with E-state index in [2.05, 4.69) is 5.32 Å². The van der Waals surface area contributed by atoms with Crippen molar-refractivity contribution in [1.82, 2.24) is 5.32 Å². The van der Waals surface area contributed by atoms with Gasteiger partial charge < -0.3 is 19.9 Å². The van der Waals surface area contributed by atoms with Crippen molar-refractivity contribution in [2.45, 2.75) is 19.6 Å². The van der Waals surface area contributed by atoms with E-state index in [1.807, 2.05) is 19.1 Å². The van der Waals surface area contributed by atoms with E-state index in [4.69, 9.17) is 9.47 Å². The van der Waals surface area contributed by atoms with Gasteiger partial charge in [-0.3, -0.25) is 0 Å². The van der Waals surface area contributed by atoms with Crippen LogP contribution in [-0.2, 0) is 6.54 Å². The normalized spacial score (nSPS) is 12.0. The van der Waals surface area contributed by atoms with E-state index in [9.17, 15) is 9.50 Å². The van der Waals surface area contributed by atoms with E-state index < -0.39 is 11.9 Å². The van der Waals surface area contributed by atoms with Crippen LogP contribution in [0.2, 0.25) is 0 Å². The third-order valence-corrected chi connectivity index (χ3v) is 3.76. The molecule has 2 rings (SSSR count). The number of ether oxygens (including phenoxy) is 2. The average Bonchev–Trinajstić information content (AvgIpc) is 2.56. The topological polar surface area (TPSA) is 50.7 Å². The van der Waals surface area contributed by atoms with Crippen molar-refractivity contribution >= 4 is 0 Å². The molecule has 23 heavy (non-hydrogen) atoms. The van der Waals surface area contributed by atoms with E-state index in [1.54, 1.807) is 32.4 Å². The highest BCUT2D eigenvalue weighted by molar-refractivity contribution is 5.47. The van der Waals surface area contributed by atoms with E-state index >= 15 is 0 Å². The summed E-state index contributed by atoms with van der Waals surface area (Å²) in [6.07, 6.45) is -0.892. The van der Waals surface area contributed by atoms with Gasteiger partial charge in [0.15, 0.2) is 11.5 Å². The van der Waals surface area contributed by atoms with Crippen molar-refractivity contribution < 1.29 is 19.0 Å². The van der Waals surface area contributed by atoms with Gasteiger partial charge in [-0.25, -0.2) is 4.39 Å². The van der Waals surface area contributed by atoms with Crippen molar-refractivity contribution in [2.24, 2.45) is 0 Å². The van der Waals surface area contributed by atoms with E-state index in [1.165, 1.54) is 6.07 Å². The molecule has 0 bridgehead atoms. The Hall–Kier alpha value is -2.11. The third kappa shape index (κ3) is 4.21. The zero-order valence-corrected chi connectivity index (χ0v) is 13.6. The van der Waals surface area contributed by atoms with Gasteiger partial charge >= 0.3 is 0 Å². The lowest BCUT2D eigenvalue weighted by Gasteiger charge is -2.15. The molecule has 0 saturated heterocycles. The van der Waals surface area contributed by atoms with Crippen molar-refractivity contribution in [3.8, 4) is 11.5 Å². The first-order valence-electron chi connectivity index (χ1n) is 7.41. The maximum Gasteiger partial charge on any atom is 0.161 e. The molecule has 5 heteroatoms. The molecular weight excluding hydrogens is 297 g/mol. The maximum absolute atomic E-state index is 13.6. The van der Waals surface area contributed by atoms with Gasteiger partial charge in [0.2, 0.25) is 0 Å². The number of aryl methyl sites for hydroxylation is 1. The van der Waals surface area contributed by atoms with Crippen LogP contribution in [0.25, 0.3) is 0 Å².